The van der Waals surface area contributed by atoms with E-state index in [-0.39, 0.29) is 0 Å². The van der Waals surface area contributed by atoms with Crippen molar-refractivity contribution in [2.75, 3.05) is 0 Å². The molecule has 594 valence electrons. The second kappa shape index (κ2) is 32.1. The summed E-state index contributed by atoms with van der Waals surface area (Å²) in [5.41, 5.74) is 40.0. The minimum Gasteiger partial charge on any atom is -0.251 e. The SMILES string of the molecule is CCC(C)=c1ccc(-c2ccc3c(C)cc(-c4cc(-c5cc(C)c6ccccc6n5)cc(-c5cc(C)c6ccccc6n5)c4)nc3c2)cc1=C(C=C(C)c1cc(-c2cc(-c3ccccc3)c3ccccc3n2)cc(-c2cc(-c3ccccc3)c3ccc(-c4cccc(-c5cc(C)nc6c5ccc5c(-c7ccccc7)cc(C)nc56)c4)cc3n2)c1)c1ccccc1. The molecule has 0 N–H and O–H groups in total. The Labute approximate surface area is 727 Å². The third kappa shape index (κ3) is 14.7. The summed E-state index contributed by atoms with van der Waals surface area (Å²) in [6.45, 7) is 17.5. The Hall–Kier alpha value is -15.6. The zero-order chi connectivity index (χ0) is 84.5. The molecule has 0 bridgehead atoms. The van der Waals surface area contributed by atoms with Crippen LogP contribution in [0.2, 0.25) is 0 Å². The first kappa shape index (κ1) is 76.8. The Kier molecular flexibility index (Phi) is 19.7. The lowest BCUT2D eigenvalue weighted by atomic mass is 9.91. The minimum atomic E-state index is 0.843. The van der Waals surface area contributed by atoms with Crippen molar-refractivity contribution >= 4 is 93.0 Å². The van der Waals surface area contributed by atoms with Gasteiger partial charge in [0.25, 0.3) is 0 Å². The predicted molar refractivity (Wildman–Crippen MR) is 525 cm³/mol. The van der Waals surface area contributed by atoms with Gasteiger partial charge in [-0.2, -0.15) is 0 Å². The summed E-state index contributed by atoms with van der Waals surface area (Å²) in [4.78, 5) is 38.1. The summed E-state index contributed by atoms with van der Waals surface area (Å²) in [6, 6.07) is 132. The van der Waals surface area contributed by atoms with E-state index in [9.17, 15) is 0 Å². The number of hydrogen-bond donors (Lipinski definition) is 0. The molecule has 125 heavy (non-hydrogen) atoms. The topological polar surface area (TPSA) is 90.2 Å². The highest BCUT2D eigenvalue weighted by atomic mass is 14.8. The van der Waals surface area contributed by atoms with E-state index >= 15 is 0 Å². The van der Waals surface area contributed by atoms with E-state index in [2.05, 4.69) is 425 Å². The Balaban J connectivity index is 0.720. The maximum absolute atomic E-state index is 5.82. The van der Waals surface area contributed by atoms with Crippen molar-refractivity contribution in [2.24, 2.45) is 0 Å². The molecule has 21 aromatic rings. The van der Waals surface area contributed by atoms with Crippen LogP contribution in [-0.2, 0) is 0 Å². The molecule has 14 aromatic carbocycles. The maximum atomic E-state index is 5.82. The van der Waals surface area contributed by atoms with Crippen LogP contribution in [0.5, 0.6) is 0 Å². The van der Waals surface area contributed by atoms with E-state index in [1.54, 1.807) is 0 Å². The fourth-order valence-corrected chi connectivity index (χ4v) is 18.5. The lowest BCUT2D eigenvalue weighted by Crippen LogP contribution is -2.29. The minimum absolute atomic E-state index is 0.843. The number of para-hydroxylation sites is 3. The van der Waals surface area contributed by atoms with Crippen molar-refractivity contribution in [1.29, 1.82) is 0 Å². The normalized spacial score (nSPS) is 12.3. The van der Waals surface area contributed by atoms with Crippen molar-refractivity contribution < 1.29 is 0 Å². The molecule has 7 aromatic heterocycles. The highest BCUT2D eigenvalue weighted by Crippen LogP contribution is 2.44. The van der Waals surface area contributed by atoms with Crippen LogP contribution in [0.4, 0.5) is 0 Å². The molecule has 0 aliphatic carbocycles. The van der Waals surface area contributed by atoms with Crippen LogP contribution in [0.1, 0.15) is 66.4 Å². The number of aryl methyl sites for hydroxylation is 5. The van der Waals surface area contributed by atoms with Gasteiger partial charge in [-0.3, -0.25) is 9.97 Å². The van der Waals surface area contributed by atoms with Gasteiger partial charge in [-0.15, -0.1) is 0 Å². The molecule has 0 unspecified atom stereocenters. The van der Waals surface area contributed by atoms with Crippen LogP contribution < -0.4 is 10.4 Å². The number of pyridine rings is 7. The molecule has 7 heteroatoms. The summed E-state index contributed by atoms with van der Waals surface area (Å²) in [5, 5.41) is 10.0. The largest absolute Gasteiger partial charge is 0.251 e. The number of aromatic nitrogens is 7. The maximum Gasteiger partial charge on any atom is 0.0974 e. The summed E-state index contributed by atoms with van der Waals surface area (Å²) >= 11 is 0. The summed E-state index contributed by atoms with van der Waals surface area (Å²) in [5.74, 6) is 0. The highest BCUT2D eigenvalue weighted by molar-refractivity contribution is 6.13. The third-order valence-electron chi connectivity index (χ3n) is 25.0. The van der Waals surface area contributed by atoms with Gasteiger partial charge in [0.15, 0.2) is 0 Å². The van der Waals surface area contributed by atoms with E-state index in [0.717, 1.165) is 250 Å². The fraction of sp³-hybridized carbons (Fsp3) is 0.0763. The van der Waals surface area contributed by atoms with Crippen LogP contribution >= 0.6 is 0 Å². The number of benzene rings is 14. The van der Waals surface area contributed by atoms with Crippen LogP contribution in [-0.4, -0.2) is 34.9 Å². The van der Waals surface area contributed by atoms with Gasteiger partial charge in [0.2, 0.25) is 0 Å². The van der Waals surface area contributed by atoms with Gasteiger partial charge in [0.05, 0.1) is 67.1 Å². The van der Waals surface area contributed by atoms with Gasteiger partial charge in [0, 0.05) is 76.9 Å². The van der Waals surface area contributed by atoms with Gasteiger partial charge in [-0.1, -0.05) is 261 Å². The van der Waals surface area contributed by atoms with Gasteiger partial charge in [-0.05, 0) is 292 Å². The molecule has 7 heterocycles. The number of rotatable bonds is 15. The first-order chi connectivity index (χ1) is 61.2. The average Bonchev–Trinajstić information content (AvgIpc) is 0.747. The van der Waals surface area contributed by atoms with Crippen molar-refractivity contribution in [3.05, 3.63) is 420 Å². The predicted octanol–water partition coefficient (Wildman–Crippen LogP) is 29.3. The monoisotopic (exact) mass is 1600 g/mol. The van der Waals surface area contributed by atoms with Crippen LogP contribution in [0.15, 0.2) is 370 Å². The number of nitrogens with zero attached hydrogens (tertiary/aromatic N) is 7. The van der Waals surface area contributed by atoms with E-state index in [1.807, 2.05) is 0 Å². The van der Waals surface area contributed by atoms with Crippen molar-refractivity contribution in [3.63, 3.8) is 0 Å². The molecule has 0 radical (unpaired) electrons. The van der Waals surface area contributed by atoms with Gasteiger partial charge >= 0.3 is 0 Å². The number of allylic oxidation sites excluding steroid dienone is 2. The molecule has 0 aliphatic heterocycles. The van der Waals surface area contributed by atoms with E-state index in [4.69, 9.17) is 34.9 Å². The van der Waals surface area contributed by atoms with Crippen molar-refractivity contribution in [2.45, 2.75) is 61.8 Å². The Morgan fingerprint density at radius 3 is 1.06 bits per heavy atom. The molecule has 0 saturated carbocycles. The standard InChI is InChI=1S/C118H87N7/c1-9-71(2)93-48-45-83(85-46-49-96-75(6)56-112(124-115(96)67-85)92-64-90(110-54-73(4)94-39-22-25-42-107(94)121-110)63-91(65-92)111-55-74(5)95-40-23-26-43-108(95)122-111)66-106(93)101(78-29-14-10-15-30-78)53-72(3)87-60-88(113-69-104(80-33-18-12-19-34-80)97-41-24-27-44-109(97)123-113)62-89(61-87)114-70-105(81-35-20-13-21-36-81)98-50-47-84(68-116(98)125-114)82-37-28-38-86(59-82)103-58-77(8)120-118-100(103)52-51-99-102(57-76(7)119-117(99)118)79-31-16-11-17-32-79/h10-70H,9H2,1-8H3. The molecule has 0 saturated heterocycles. The molecule has 0 fully saturated rings. The summed E-state index contributed by atoms with van der Waals surface area (Å²) in [7, 11) is 0. The molecular weight excluding hydrogens is 1520 g/mol. The second-order valence-corrected chi connectivity index (χ2v) is 33.4. The Morgan fingerprint density at radius 1 is 0.232 bits per heavy atom. The molecule has 0 spiro atoms. The molecule has 7 nitrogen and oxygen atoms in total. The molecule has 0 amide bonds. The number of hydrogen-bond acceptors (Lipinski definition) is 7. The summed E-state index contributed by atoms with van der Waals surface area (Å²) < 4.78 is 0. The van der Waals surface area contributed by atoms with E-state index in [1.165, 1.54) is 21.9 Å². The van der Waals surface area contributed by atoms with Crippen LogP contribution in [0.3, 0.4) is 0 Å². The Morgan fingerprint density at radius 2 is 0.568 bits per heavy atom. The third-order valence-corrected chi connectivity index (χ3v) is 25.0. The zero-order valence-electron chi connectivity index (χ0n) is 71.1. The fourth-order valence-electron chi connectivity index (χ4n) is 18.5. The zero-order valence-corrected chi connectivity index (χ0v) is 71.1. The second-order valence-electron chi connectivity index (χ2n) is 33.4. The molecule has 21 rings (SSSR count). The first-order valence-electron chi connectivity index (χ1n) is 43.1. The molecular formula is C118H87N7. The quantitative estimate of drug-likeness (QED) is 0.0945. The van der Waals surface area contributed by atoms with Crippen molar-refractivity contribution in [3.8, 4) is 123 Å². The van der Waals surface area contributed by atoms with E-state index < -0.39 is 0 Å². The summed E-state index contributed by atoms with van der Waals surface area (Å²) in [6.07, 6.45) is 3.29. The molecule has 0 atom stereocenters. The molecule has 0 aliphatic rings. The highest BCUT2D eigenvalue weighted by Gasteiger charge is 2.22. The lowest BCUT2D eigenvalue weighted by Gasteiger charge is -2.16. The van der Waals surface area contributed by atoms with Crippen LogP contribution in [0.25, 0.3) is 216 Å². The first-order valence-corrected chi connectivity index (χ1v) is 43.1. The van der Waals surface area contributed by atoms with Crippen molar-refractivity contribution in [1.82, 2.24) is 34.9 Å². The Bertz CT molecular complexity index is 8030. The number of fused-ring (bicyclic) bond motifs is 8. The lowest BCUT2D eigenvalue weighted by molar-refractivity contribution is 1.20. The average molecular weight is 1600 g/mol. The van der Waals surface area contributed by atoms with Gasteiger partial charge < -0.3 is 0 Å². The van der Waals surface area contributed by atoms with E-state index in [0.29, 0.717) is 0 Å². The smallest absolute Gasteiger partial charge is 0.0974 e. The van der Waals surface area contributed by atoms with Crippen LogP contribution in [0, 0.1) is 34.6 Å². The van der Waals surface area contributed by atoms with Gasteiger partial charge in [0.1, 0.15) is 0 Å². The van der Waals surface area contributed by atoms with Gasteiger partial charge in [-0.25, -0.2) is 24.9 Å².